The summed E-state index contributed by atoms with van der Waals surface area (Å²) in [5.41, 5.74) is 5.74. The summed E-state index contributed by atoms with van der Waals surface area (Å²) in [6.45, 7) is 4.42. The average Bonchev–Trinajstić information content (AvgIpc) is 3.10. The quantitative estimate of drug-likeness (QED) is 0.524. The van der Waals surface area contributed by atoms with Gasteiger partial charge in [0.05, 0.1) is 13.6 Å². The van der Waals surface area contributed by atoms with Gasteiger partial charge in [-0.2, -0.15) is 0 Å². The molecule has 8 heteroatoms. The number of nitrogens with zero attached hydrogens (tertiary/aromatic N) is 2. The van der Waals surface area contributed by atoms with E-state index in [2.05, 4.69) is 0 Å². The minimum atomic E-state index is -0.643. The lowest BCUT2D eigenvalue weighted by Crippen LogP contribution is -3.08. The number of carbonyl (C=O) groups is 1. The van der Waals surface area contributed by atoms with E-state index < -0.39 is 17.0 Å². The molecule has 30 heavy (non-hydrogen) atoms. The highest BCUT2D eigenvalue weighted by atomic mass is 16.3. The van der Waals surface area contributed by atoms with E-state index in [9.17, 15) is 14.4 Å². The summed E-state index contributed by atoms with van der Waals surface area (Å²) in [7, 11) is 1.84. The second-order valence-corrected chi connectivity index (χ2v) is 7.41. The first-order valence-electron chi connectivity index (χ1n) is 9.88. The fraction of sp³-hybridized carbons (Fsp3) is 0.318. The van der Waals surface area contributed by atoms with Crippen LogP contribution in [0.5, 0.6) is 0 Å². The monoisotopic (exact) mass is 411 g/mol. The third kappa shape index (κ3) is 4.44. The molecule has 8 nitrogen and oxygen atoms in total. The number of benzene rings is 1. The molecule has 2 heterocycles. The van der Waals surface area contributed by atoms with Gasteiger partial charge in [0.25, 0.3) is 5.56 Å². The van der Waals surface area contributed by atoms with E-state index in [4.69, 9.17) is 10.2 Å². The van der Waals surface area contributed by atoms with Gasteiger partial charge in [-0.3, -0.25) is 18.7 Å². The number of anilines is 1. The zero-order valence-corrected chi connectivity index (χ0v) is 17.5. The van der Waals surface area contributed by atoms with Crippen LogP contribution in [0.15, 0.2) is 56.5 Å². The van der Waals surface area contributed by atoms with Crippen molar-refractivity contribution >= 4 is 11.6 Å². The van der Waals surface area contributed by atoms with Crippen LogP contribution in [-0.2, 0) is 19.6 Å². The summed E-state index contributed by atoms with van der Waals surface area (Å²) < 4.78 is 7.90. The molecule has 0 saturated carbocycles. The number of aromatic nitrogens is 2. The second-order valence-electron chi connectivity index (χ2n) is 7.41. The number of hydrogen-bond donors (Lipinski definition) is 2. The number of nitrogen functional groups attached to an aromatic ring is 1. The van der Waals surface area contributed by atoms with Crippen molar-refractivity contribution in [1.29, 1.82) is 0 Å². The van der Waals surface area contributed by atoms with E-state index in [1.807, 2.05) is 56.4 Å². The van der Waals surface area contributed by atoms with Gasteiger partial charge in [-0.05, 0) is 31.5 Å². The van der Waals surface area contributed by atoms with Crippen LogP contribution in [-0.4, -0.2) is 28.5 Å². The number of nitrogens with two attached hydrogens (primary N) is 1. The minimum absolute atomic E-state index is 0.0481. The molecular weight excluding hydrogens is 384 g/mol. The highest BCUT2D eigenvalue weighted by Crippen LogP contribution is 2.09. The molecule has 3 N–H and O–H groups in total. The zero-order valence-electron chi connectivity index (χ0n) is 17.5. The minimum Gasteiger partial charge on any atom is -0.460 e. The summed E-state index contributed by atoms with van der Waals surface area (Å²) >= 11 is 0. The fourth-order valence-electron chi connectivity index (χ4n) is 3.48. The van der Waals surface area contributed by atoms with Gasteiger partial charge < -0.3 is 15.1 Å². The number of quaternary nitrogens is 1. The van der Waals surface area contributed by atoms with Crippen LogP contribution in [0.1, 0.15) is 34.4 Å². The number of Topliss-reactive ketones (excluding diaryl/α,β-unsaturated/α-hetero) is 1. The number of rotatable bonds is 8. The zero-order chi connectivity index (χ0) is 21.8. The van der Waals surface area contributed by atoms with E-state index in [1.165, 1.54) is 4.57 Å². The van der Waals surface area contributed by atoms with Crippen LogP contribution in [0.4, 0.5) is 5.82 Å². The third-order valence-electron chi connectivity index (χ3n) is 4.98. The molecule has 0 fully saturated rings. The molecule has 1 aromatic carbocycles. The highest BCUT2D eigenvalue weighted by Gasteiger charge is 2.25. The van der Waals surface area contributed by atoms with Crippen molar-refractivity contribution in [2.45, 2.75) is 33.5 Å². The van der Waals surface area contributed by atoms with Crippen molar-refractivity contribution in [2.75, 3.05) is 19.3 Å². The summed E-state index contributed by atoms with van der Waals surface area (Å²) in [5.74, 6) is 1.06. The maximum absolute atomic E-state index is 13.0. The molecule has 3 rings (SSSR count). The van der Waals surface area contributed by atoms with Gasteiger partial charge in [0.1, 0.15) is 30.2 Å². The van der Waals surface area contributed by atoms with Crippen molar-refractivity contribution < 1.29 is 14.1 Å². The van der Waals surface area contributed by atoms with Gasteiger partial charge in [0.2, 0.25) is 5.78 Å². The predicted molar refractivity (Wildman–Crippen MR) is 114 cm³/mol. The summed E-state index contributed by atoms with van der Waals surface area (Å²) in [6.07, 6.45) is 0. The Morgan fingerprint density at radius 3 is 2.40 bits per heavy atom. The van der Waals surface area contributed by atoms with Crippen molar-refractivity contribution in [3.8, 4) is 0 Å². The molecule has 0 bridgehead atoms. The SMILES string of the molecule is CCn1c(=O)c(C(=O)C[NH+](C)Cc2ccc(C)o2)c(N)n(Cc2ccccc2)c1=O. The molecule has 3 aromatic rings. The van der Waals surface area contributed by atoms with Crippen LogP contribution < -0.4 is 21.9 Å². The highest BCUT2D eigenvalue weighted by molar-refractivity contribution is 6.00. The lowest BCUT2D eigenvalue weighted by atomic mass is 10.1. The van der Waals surface area contributed by atoms with Gasteiger partial charge in [-0.15, -0.1) is 0 Å². The van der Waals surface area contributed by atoms with Crippen LogP contribution in [0, 0.1) is 6.92 Å². The maximum Gasteiger partial charge on any atom is 0.332 e. The molecule has 0 amide bonds. The van der Waals surface area contributed by atoms with Crippen molar-refractivity contribution in [2.24, 2.45) is 0 Å². The van der Waals surface area contributed by atoms with Gasteiger partial charge in [0.15, 0.2) is 5.76 Å². The van der Waals surface area contributed by atoms with E-state index >= 15 is 0 Å². The summed E-state index contributed by atoms with van der Waals surface area (Å²) in [5, 5.41) is 0. The molecule has 0 aliphatic rings. The number of aryl methyl sites for hydroxylation is 1. The molecule has 1 unspecified atom stereocenters. The summed E-state index contributed by atoms with van der Waals surface area (Å²) in [6, 6.07) is 13.0. The second kappa shape index (κ2) is 8.96. The smallest absolute Gasteiger partial charge is 0.332 e. The molecule has 0 radical (unpaired) electrons. The van der Waals surface area contributed by atoms with Crippen LogP contribution in [0.25, 0.3) is 0 Å². The number of hydrogen-bond acceptors (Lipinski definition) is 5. The van der Waals surface area contributed by atoms with Crippen LogP contribution in [0.3, 0.4) is 0 Å². The number of likely N-dealkylation sites (N-methyl/N-ethyl adjacent to an activating group) is 1. The molecule has 158 valence electrons. The van der Waals surface area contributed by atoms with E-state index in [0.717, 1.165) is 26.6 Å². The van der Waals surface area contributed by atoms with Gasteiger partial charge in [-0.1, -0.05) is 30.3 Å². The van der Waals surface area contributed by atoms with E-state index in [0.29, 0.717) is 6.54 Å². The molecule has 2 aromatic heterocycles. The van der Waals surface area contributed by atoms with Gasteiger partial charge in [0, 0.05) is 6.54 Å². The first-order chi connectivity index (χ1) is 14.3. The lowest BCUT2D eigenvalue weighted by Gasteiger charge is -2.17. The Balaban J connectivity index is 1.94. The molecular formula is C22H27N4O4+. The first-order valence-corrected chi connectivity index (χ1v) is 9.88. The lowest BCUT2D eigenvalue weighted by molar-refractivity contribution is -0.885. The molecule has 0 aliphatic carbocycles. The third-order valence-corrected chi connectivity index (χ3v) is 4.98. The van der Waals surface area contributed by atoms with Crippen molar-refractivity contribution in [3.63, 3.8) is 0 Å². The van der Waals surface area contributed by atoms with Gasteiger partial charge >= 0.3 is 5.69 Å². The Kier molecular flexibility index (Phi) is 6.37. The largest absolute Gasteiger partial charge is 0.460 e. The van der Waals surface area contributed by atoms with E-state index in [-0.39, 0.29) is 31.0 Å². The van der Waals surface area contributed by atoms with E-state index in [1.54, 1.807) is 6.92 Å². The van der Waals surface area contributed by atoms with Crippen molar-refractivity contribution in [1.82, 2.24) is 9.13 Å². The fourth-order valence-corrected chi connectivity index (χ4v) is 3.48. The van der Waals surface area contributed by atoms with Gasteiger partial charge in [-0.25, -0.2) is 4.79 Å². The molecule has 0 spiro atoms. The van der Waals surface area contributed by atoms with Crippen LogP contribution in [0.2, 0.25) is 0 Å². The Bertz CT molecular complexity index is 1160. The number of nitrogens with one attached hydrogen (secondary N) is 1. The Labute approximate surface area is 174 Å². The normalized spacial score (nSPS) is 12.1. The first kappa shape index (κ1) is 21.3. The topological polar surface area (TPSA) is 105 Å². The predicted octanol–water partition coefficient (Wildman–Crippen LogP) is 0.459. The Hall–Kier alpha value is -3.39. The number of carbonyl (C=O) groups excluding carboxylic acids is 1. The number of furan rings is 1. The Morgan fingerprint density at radius 1 is 1.10 bits per heavy atom. The molecule has 0 aliphatic heterocycles. The molecule has 1 atom stereocenters. The van der Waals surface area contributed by atoms with Crippen LogP contribution >= 0.6 is 0 Å². The Morgan fingerprint density at radius 2 is 1.80 bits per heavy atom. The number of ketones is 1. The molecule has 0 saturated heterocycles. The standard InChI is InChI=1S/C22H26N4O4/c1-4-25-21(28)19(18(27)14-24(3)13-17-11-10-15(2)30-17)20(23)26(22(25)29)12-16-8-6-5-7-9-16/h5-11H,4,12-14,23H2,1-3H3/p+1. The maximum atomic E-state index is 13.0. The van der Waals surface area contributed by atoms with Crippen molar-refractivity contribution in [3.05, 3.63) is 86.0 Å². The summed E-state index contributed by atoms with van der Waals surface area (Å²) in [4.78, 5) is 39.5. The average molecular weight is 411 g/mol.